The first-order valence-corrected chi connectivity index (χ1v) is 14.5. The third-order valence-corrected chi connectivity index (χ3v) is 8.34. The Kier molecular flexibility index (Phi) is 9.23. The number of fused-ring (bicyclic) bond motifs is 2. The lowest BCUT2D eigenvalue weighted by molar-refractivity contribution is -0.118. The van der Waals surface area contributed by atoms with Crippen molar-refractivity contribution in [3.63, 3.8) is 0 Å². The van der Waals surface area contributed by atoms with E-state index in [1.165, 1.54) is 0 Å². The molecule has 1 atom stereocenters. The van der Waals surface area contributed by atoms with Gasteiger partial charge in [0.25, 0.3) is 0 Å². The van der Waals surface area contributed by atoms with Crippen LogP contribution >= 0.6 is 11.8 Å². The second-order valence-corrected chi connectivity index (χ2v) is 11.0. The van der Waals surface area contributed by atoms with Crippen LogP contribution in [0.5, 0.6) is 28.7 Å². The van der Waals surface area contributed by atoms with Crippen molar-refractivity contribution < 1.29 is 28.5 Å². The first-order chi connectivity index (χ1) is 19.5. The molecule has 3 aromatic carbocycles. The highest BCUT2D eigenvalue weighted by Gasteiger charge is 2.34. The van der Waals surface area contributed by atoms with Crippen molar-refractivity contribution in [3.8, 4) is 28.7 Å². The topological polar surface area (TPSA) is 69.7 Å². The molecule has 3 aromatic rings. The number of likely N-dealkylation sites (N-methyl/N-ethyl adjacent to an activating group) is 2. The van der Waals surface area contributed by atoms with Crippen molar-refractivity contribution in [2.45, 2.75) is 29.4 Å². The summed E-state index contributed by atoms with van der Waals surface area (Å²) in [4.78, 5) is 18.4. The molecule has 2 aliphatic rings. The number of methoxy groups -OCH3 is 1. The predicted octanol–water partition coefficient (Wildman–Crippen LogP) is 5.79. The van der Waals surface area contributed by atoms with Gasteiger partial charge < -0.3 is 33.5 Å². The summed E-state index contributed by atoms with van der Waals surface area (Å²) in [6.45, 7) is 3.28. The number of carbonyl (C=O) groups excluding carboxylic acids is 1. The standard InChI is InChI=1S/C31H36N2O6S/c1-32(16-18-36-23-12-14-27-28(20-23)39-21-38-27)15-7-4-8-17-37-26-13-11-22(35-3)19-24(26)30-31(34)33(2)25-9-5-6-10-29(25)40-30/h5-6,9-14,19-20,30H,4,7-8,15-18,21H2,1-3H3/t30-/m1/s1. The van der Waals surface area contributed by atoms with Crippen LogP contribution in [-0.4, -0.2) is 65.1 Å². The second-order valence-electron chi connectivity index (χ2n) is 9.84. The molecule has 40 heavy (non-hydrogen) atoms. The van der Waals surface area contributed by atoms with Gasteiger partial charge in [0.05, 0.1) is 19.4 Å². The predicted molar refractivity (Wildman–Crippen MR) is 156 cm³/mol. The van der Waals surface area contributed by atoms with E-state index in [2.05, 4.69) is 18.0 Å². The van der Waals surface area contributed by atoms with E-state index in [9.17, 15) is 4.79 Å². The number of hydrogen-bond acceptors (Lipinski definition) is 8. The van der Waals surface area contributed by atoms with E-state index in [4.69, 9.17) is 23.7 Å². The van der Waals surface area contributed by atoms with Crippen LogP contribution in [0, 0.1) is 0 Å². The van der Waals surface area contributed by atoms with Crippen LogP contribution in [-0.2, 0) is 4.79 Å². The molecule has 1 amide bonds. The van der Waals surface area contributed by atoms with Crippen LogP contribution in [0.1, 0.15) is 30.1 Å². The van der Waals surface area contributed by atoms with Crippen LogP contribution in [0.15, 0.2) is 65.6 Å². The van der Waals surface area contributed by atoms with Gasteiger partial charge in [-0.2, -0.15) is 0 Å². The van der Waals surface area contributed by atoms with Gasteiger partial charge in [-0.1, -0.05) is 12.1 Å². The Morgan fingerprint density at radius 2 is 1.75 bits per heavy atom. The van der Waals surface area contributed by atoms with Crippen molar-refractivity contribution in [2.75, 3.05) is 59.2 Å². The summed E-state index contributed by atoms with van der Waals surface area (Å²) in [7, 11) is 5.57. The Balaban J connectivity index is 1.06. The maximum atomic E-state index is 13.3. The number of rotatable bonds is 13. The number of hydrogen-bond donors (Lipinski definition) is 0. The van der Waals surface area contributed by atoms with Crippen molar-refractivity contribution in [1.82, 2.24) is 4.90 Å². The van der Waals surface area contributed by atoms with Crippen molar-refractivity contribution >= 4 is 23.4 Å². The molecule has 5 rings (SSSR count). The van der Waals surface area contributed by atoms with Gasteiger partial charge in [0, 0.05) is 30.1 Å². The Labute approximate surface area is 240 Å². The van der Waals surface area contributed by atoms with Crippen LogP contribution in [0.2, 0.25) is 0 Å². The first kappa shape index (κ1) is 28.0. The van der Waals surface area contributed by atoms with E-state index in [1.807, 2.05) is 61.6 Å². The molecule has 0 N–H and O–H groups in total. The maximum absolute atomic E-state index is 13.3. The number of thioether (sulfide) groups is 1. The minimum Gasteiger partial charge on any atom is -0.497 e. The van der Waals surface area contributed by atoms with E-state index >= 15 is 0 Å². The fourth-order valence-corrected chi connectivity index (χ4v) is 6.04. The van der Waals surface area contributed by atoms with E-state index in [0.717, 1.165) is 71.5 Å². The maximum Gasteiger partial charge on any atom is 0.244 e. The summed E-state index contributed by atoms with van der Waals surface area (Å²) < 4.78 is 28.3. The summed E-state index contributed by atoms with van der Waals surface area (Å²) >= 11 is 1.56. The van der Waals surface area contributed by atoms with Crippen LogP contribution in [0.4, 0.5) is 5.69 Å². The lowest BCUT2D eigenvalue weighted by Gasteiger charge is -2.32. The summed E-state index contributed by atoms with van der Waals surface area (Å²) in [6, 6.07) is 19.4. The highest BCUT2D eigenvalue weighted by molar-refractivity contribution is 8.00. The zero-order valence-electron chi connectivity index (χ0n) is 23.3. The molecular weight excluding hydrogens is 528 g/mol. The Bertz CT molecular complexity index is 1320. The molecule has 212 valence electrons. The van der Waals surface area contributed by atoms with E-state index in [1.54, 1.807) is 23.8 Å². The Morgan fingerprint density at radius 3 is 2.62 bits per heavy atom. The highest BCUT2D eigenvalue weighted by Crippen LogP contribution is 2.48. The lowest BCUT2D eigenvalue weighted by atomic mass is 10.1. The monoisotopic (exact) mass is 564 g/mol. The minimum atomic E-state index is -0.390. The molecule has 2 aliphatic heterocycles. The molecule has 0 radical (unpaired) electrons. The fourth-order valence-electron chi connectivity index (χ4n) is 4.73. The molecule has 0 fully saturated rings. The zero-order valence-corrected chi connectivity index (χ0v) is 24.1. The number of para-hydroxylation sites is 1. The average Bonchev–Trinajstić information content (AvgIpc) is 3.45. The van der Waals surface area contributed by atoms with Gasteiger partial charge in [-0.3, -0.25) is 4.79 Å². The summed E-state index contributed by atoms with van der Waals surface area (Å²) in [5.41, 5.74) is 1.78. The van der Waals surface area contributed by atoms with Gasteiger partial charge in [0.1, 0.15) is 29.1 Å². The molecule has 9 heteroatoms. The molecule has 0 spiro atoms. The molecule has 0 bridgehead atoms. The SMILES string of the molecule is COc1ccc(OCCCCCN(C)CCOc2ccc3c(c2)OCO3)c([C@H]2Sc3ccccc3N(C)C2=O)c1. The number of amides is 1. The van der Waals surface area contributed by atoms with Crippen molar-refractivity contribution in [1.29, 1.82) is 0 Å². The first-order valence-electron chi connectivity index (χ1n) is 13.6. The summed E-state index contributed by atoms with van der Waals surface area (Å²) in [5.74, 6) is 3.76. The van der Waals surface area contributed by atoms with Gasteiger partial charge in [-0.25, -0.2) is 0 Å². The van der Waals surface area contributed by atoms with E-state index in [-0.39, 0.29) is 12.7 Å². The van der Waals surface area contributed by atoms with Crippen LogP contribution in [0.25, 0.3) is 0 Å². The quantitative estimate of drug-likeness (QED) is 0.242. The van der Waals surface area contributed by atoms with E-state index < -0.39 is 5.25 Å². The summed E-state index contributed by atoms with van der Waals surface area (Å²) in [5, 5.41) is -0.390. The average molecular weight is 565 g/mol. The summed E-state index contributed by atoms with van der Waals surface area (Å²) in [6.07, 6.45) is 3.05. The number of ether oxygens (including phenoxy) is 5. The zero-order chi connectivity index (χ0) is 27.9. The molecular formula is C31H36N2O6S. The largest absolute Gasteiger partial charge is 0.497 e. The fraction of sp³-hybridized carbons (Fsp3) is 0.387. The molecule has 2 heterocycles. The Morgan fingerprint density at radius 1 is 0.925 bits per heavy atom. The third-order valence-electron chi connectivity index (χ3n) is 7.05. The van der Waals surface area contributed by atoms with Gasteiger partial charge in [-0.15, -0.1) is 11.8 Å². The second kappa shape index (κ2) is 13.2. The molecule has 0 saturated carbocycles. The lowest BCUT2D eigenvalue weighted by Crippen LogP contribution is -2.33. The molecule has 8 nitrogen and oxygen atoms in total. The van der Waals surface area contributed by atoms with Gasteiger partial charge >= 0.3 is 0 Å². The molecule has 0 aromatic heterocycles. The highest BCUT2D eigenvalue weighted by atomic mass is 32.2. The number of anilines is 1. The van der Waals surface area contributed by atoms with Gasteiger partial charge in [0.15, 0.2) is 11.5 Å². The number of unbranched alkanes of at least 4 members (excludes halogenated alkanes) is 2. The third kappa shape index (κ3) is 6.59. The normalized spacial score (nSPS) is 15.8. The molecule has 0 unspecified atom stereocenters. The number of carbonyl (C=O) groups is 1. The van der Waals surface area contributed by atoms with Gasteiger partial charge in [-0.05, 0) is 75.3 Å². The molecule has 0 aliphatic carbocycles. The van der Waals surface area contributed by atoms with Crippen molar-refractivity contribution in [2.24, 2.45) is 0 Å². The number of benzene rings is 3. The van der Waals surface area contributed by atoms with E-state index in [0.29, 0.717) is 19.0 Å². The van der Waals surface area contributed by atoms with Gasteiger partial charge in [0.2, 0.25) is 12.7 Å². The van der Waals surface area contributed by atoms with Crippen LogP contribution < -0.4 is 28.6 Å². The Hall–Kier alpha value is -3.56. The smallest absolute Gasteiger partial charge is 0.244 e. The molecule has 0 saturated heterocycles. The minimum absolute atomic E-state index is 0.0346. The number of nitrogens with zero attached hydrogens (tertiary/aromatic N) is 2. The van der Waals surface area contributed by atoms with Crippen molar-refractivity contribution in [3.05, 3.63) is 66.2 Å². The van der Waals surface area contributed by atoms with Crippen LogP contribution in [0.3, 0.4) is 0 Å².